The van der Waals surface area contributed by atoms with E-state index in [-0.39, 0.29) is 25.6 Å². The molecular weight excluding hydrogens is 1180 g/mol. The van der Waals surface area contributed by atoms with E-state index in [1.807, 2.05) is 21.1 Å². The molecule has 0 aliphatic heterocycles. The Morgan fingerprint density at radius 2 is 0.574 bits per heavy atom. The van der Waals surface area contributed by atoms with Crippen LogP contribution >= 0.6 is 7.82 Å². The molecule has 0 aromatic carbocycles. The van der Waals surface area contributed by atoms with Crippen molar-refractivity contribution in [2.24, 2.45) is 0 Å². The van der Waals surface area contributed by atoms with E-state index < -0.39 is 26.5 Å². The van der Waals surface area contributed by atoms with Gasteiger partial charge in [0.1, 0.15) is 19.8 Å². The average Bonchev–Trinajstić information content (AvgIpc) is 1.66. The van der Waals surface area contributed by atoms with E-state index in [4.69, 9.17) is 18.5 Å². The first-order chi connectivity index (χ1) is 46.0. The Morgan fingerprint density at radius 1 is 0.330 bits per heavy atom. The number of esters is 2. The molecule has 0 fully saturated rings. The van der Waals surface area contributed by atoms with Crippen LogP contribution in [0.5, 0.6) is 0 Å². The van der Waals surface area contributed by atoms with Gasteiger partial charge < -0.3 is 18.9 Å². The zero-order valence-electron chi connectivity index (χ0n) is 63.7. The monoisotopic (exact) mass is 1350 g/mol. The highest BCUT2D eigenvalue weighted by atomic mass is 31.2. The Kier molecular flexibility index (Phi) is 74.0. The fourth-order valence-corrected chi connectivity index (χ4v) is 13.5. The van der Waals surface area contributed by atoms with E-state index in [0.29, 0.717) is 23.9 Å². The van der Waals surface area contributed by atoms with Gasteiger partial charge in [0.05, 0.1) is 27.7 Å². The molecule has 0 spiro atoms. The number of phosphoric acid groups is 1. The molecule has 2 atom stereocenters. The minimum Gasteiger partial charge on any atom is -0.462 e. The molecule has 9 nitrogen and oxygen atoms in total. The fraction of sp³-hybridized carbons (Fsp3) is 0.905. The number of phosphoric ester groups is 1. The highest BCUT2D eigenvalue weighted by Crippen LogP contribution is 2.43. The third kappa shape index (κ3) is 79.2. The Bertz CT molecular complexity index is 1680. The van der Waals surface area contributed by atoms with Gasteiger partial charge in [-0.1, -0.05) is 391 Å². The number of hydrogen-bond donors (Lipinski definition) is 1. The summed E-state index contributed by atoms with van der Waals surface area (Å²) in [5, 5.41) is 0. The molecule has 0 heterocycles. The first-order valence-electron chi connectivity index (χ1n) is 41.7. The Balaban J connectivity index is 3.87. The summed E-state index contributed by atoms with van der Waals surface area (Å²) in [6.45, 7) is 4.51. The molecule has 0 aromatic rings. The number of nitrogens with zero attached hydrogens (tertiary/aromatic N) is 1. The number of hydrogen-bond acceptors (Lipinski definition) is 7. The number of quaternary nitrogens is 1. The van der Waals surface area contributed by atoms with Crippen LogP contribution in [0.3, 0.4) is 0 Å². The SMILES string of the molecule is CCCCCCC/C=C\C/C=C\CCCCCCCCCCCCCCCCCCCCCC(=O)OC(COC(=O)CCCCCCCCCCCCCCCCCCCCCCCCCCCCC/C=C\CCCCCCCCCC)COP(=O)(O)OCC[N+](C)(C)C. The number of allylic oxidation sites excluding steroid dienone is 6. The second kappa shape index (κ2) is 75.4. The molecule has 0 saturated heterocycles. The van der Waals surface area contributed by atoms with E-state index in [9.17, 15) is 19.0 Å². The van der Waals surface area contributed by atoms with E-state index in [2.05, 4.69) is 50.3 Å². The largest absolute Gasteiger partial charge is 0.472 e. The lowest BCUT2D eigenvalue weighted by atomic mass is 10.0. The van der Waals surface area contributed by atoms with Gasteiger partial charge >= 0.3 is 19.8 Å². The summed E-state index contributed by atoms with van der Waals surface area (Å²) in [5.41, 5.74) is 0. The molecule has 0 bridgehead atoms. The van der Waals surface area contributed by atoms with Crippen molar-refractivity contribution in [3.63, 3.8) is 0 Å². The smallest absolute Gasteiger partial charge is 0.462 e. The van der Waals surface area contributed by atoms with Gasteiger partial charge in [-0.25, -0.2) is 4.57 Å². The maximum absolute atomic E-state index is 12.9. The zero-order valence-corrected chi connectivity index (χ0v) is 64.6. The van der Waals surface area contributed by atoms with Crippen LogP contribution in [-0.4, -0.2) is 74.9 Å². The Labute approximate surface area is 586 Å². The Morgan fingerprint density at radius 3 is 0.851 bits per heavy atom. The van der Waals surface area contributed by atoms with E-state index >= 15 is 0 Å². The standard InChI is InChI=1S/C84H162NO8P/c1-6-8-10-12-14-16-18-20-22-24-26-28-30-32-34-36-38-39-40-41-42-43-44-45-47-48-50-52-54-56-58-60-62-64-66-68-70-72-74-76-83(86)90-80-82(81-92-94(88,89)91-79-78-85(3,4)5)93-84(87)77-75-73-71-69-67-65-63-61-59-57-55-53-51-49-46-37-35-33-31-29-27-25-23-21-19-17-15-13-11-9-7-2/h19,21,24-27,82H,6-18,20,22-23,28-81H2,1-5H3/p+1/b21-19-,26-24-,27-25-. The zero-order chi connectivity index (χ0) is 68.3. The number of unbranched alkanes of at least 4 members (excludes halogenated alkanes) is 59. The van der Waals surface area contributed by atoms with Crippen molar-refractivity contribution in [1.29, 1.82) is 0 Å². The topological polar surface area (TPSA) is 108 Å². The molecule has 0 saturated carbocycles. The summed E-state index contributed by atoms with van der Waals surface area (Å²) >= 11 is 0. The lowest BCUT2D eigenvalue weighted by Gasteiger charge is -2.24. The molecule has 0 aromatic heterocycles. The molecular formula is C84H163NO8P+. The van der Waals surface area contributed by atoms with Crippen LogP contribution in [0.15, 0.2) is 36.5 Å². The summed E-state index contributed by atoms with van der Waals surface area (Å²) < 4.78 is 34.9. The summed E-state index contributed by atoms with van der Waals surface area (Å²) in [7, 11) is 1.50. The van der Waals surface area contributed by atoms with Crippen molar-refractivity contribution in [3.8, 4) is 0 Å². The normalized spacial score (nSPS) is 13.1. The molecule has 556 valence electrons. The van der Waals surface area contributed by atoms with Gasteiger partial charge in [0.25, 0.3) is 0 Å². The number of likely N-dealkylation sites (N-methyl/N-ethyl adjacent to an activating group) is 1. The van der Waals surface area contributed by atoms with Gasteiger partial charge in [0.2, 0.25) is 0 Å². The summed E-state index contributed by atoms with van der Waals surface area (Å²) in [6, 6.07) is 0. The van der Waals surface area contributed by atoms with Crippen molar-refractivity contribution < 1.29 is 42.1 Å². The van der Waals surface area contributed by atoms with Gasteiger partial charge in [-0.15, -0.1) is 0 Å². The summed E-state index contributed by atoms with van der Waals surface area (Å²) in [5.74, 6) is -0.770. The third-order valence-electron chi connectivity index (χ3n) is 19.1. The van der Waals surface area contributed by atoms with E-state index in [1.54, 1.807) is 0 Å². The van der Waals surface area contributed by atoms with Gasteiger partial charge in [0.15, 0.2) is 6.10 Å². The molecule has 1 N–H and O–H groups in total. The summed E-state index contributed by atoms with van der Waals surface area (Å²) in [4.78, 5) is 36.0. The van der Waals surface area contributed by atoms with Crippen LogP contribution in [0.1, 0.15) is 438 Å². The van der Waals surface area contributed by atoms with E-state index in [0.717, 1.165) is 38.5 Å². The van der Waals surface area contributed by atoms with Gasteiger partial charge in [-0.2, -0.15) is 0 Å². The van der Waals surface area contributed by atoms with Gasteiger partial charge in [-0.3, -0.25) is 18.6 Å². The quantitative estimate of drug-likeness (QED) is 0.0211. The minimum atomic E-state index is -4.39. The van der Waals surface area contributed by atoms with Crippen LogP contribution in [0.4, 0.5) is 0 Å². The first kappa shape index (κ1) is 92.2. The second-order valence-electron chi connectivity index (χ2n) is 29.9. The number of ether oxygens (including phenoxy) is 2. The van der Waals surface area contributed by atoms with Crippen molar-refractivity contribution in [2.75, 3.05) is 47.5 Å². The molecule has 0 radical (unpaired) electrons. The summed E-state index contributed by atoms with van der Waals surface area (Å²) in [6.07, 6.45) is 98.9. The van der Waals surface area contributed by atoms with Crippen LogP contribution in [0.2, 0.25) is 0 Å². The van der Waals surface area contributed by atoms with Crippen molar-refractivity contribution in [1.82, 2.24) is 0 Å². The lowest BCUT2D eigenvalue weighted by molar-refractivity contribution is -0.870. The number of carbonyl (C=O) groups excluding carboxylic acids is 2. The lowest BCUT2D eigenvalue weighted by Crippen LogP contribution is -2.37. The van der Waals surface area contributed by atoms with E-state index in [1.165, 1.54) is 366 Å². The molecule has 94 heavy (non-hydrogen) atoms. The van der Waals surface area contributed by atoms with Crippen LogP contribution in [0, 0.1) is 0 Å². The highest BCUT2D eigenvalue weighted by molar-refractivity contribution is 7.47. The number of rotatable bonds is 79. The highest BCUT2D eigenvalue weighted by Gasteiger charge is 2.27. The fourth-order valence-electron chi connectivity index (χ4n) is 12.8. The molecule has 0 rings (SSSR count). The van der Waals surface area contributed by atoms with Crippen LogP contribution in [0.25, 0.3) is 0 Å². The predicted octanol–water partition coefficient (Wildman–Crippen LogP) is 27.7. The van der Waals surface area contributed by atoms with Crippen LogP contribution in [-0.2, 0) is 32.7 Å². The molecule has 0 amide bonds. The Hall–Kier alpha value is -1.77. The predicted molar refractivity (Wildman–Crippen MR) is 409 cm³/mol. The number of carbonyl (C=O) groups is 2. The van der Waals surface area contributed by atoms with Crippen molar-refractivity contribution >= 4 is 19.8 Å². The van der Waals surface area contributed by atoms with Gasteiger partial charge in [0, 0.05) is 12.8 Å². The maximum Gasteiger partial charge on any atom is 0.472 e. The molecule has 2 unspecified atom stereocenters. The minimum absolute atomic E-state index is 0.0353. The third-order valence-corrected chi connectivity index (χ3v) is 20.1. The molecule has 10 heteroatoms. The molecule has 0 aliphatic rings. The van der Waals surface area contributed by atoms with Crippen LogP contribution < -0.4 is 0 Å². The molecule has 0 aliphatic carbocycles. The van der Waals surface area contributed by atoms with Crippen molar-refractivity contribution in [3.05, 3.63) is 36.5 Å². The first-order valence-corrected chi connectivity index (χ1v) is 43.2. The maximum atomic E-state index is 12.9. The average molecular weight is 1350 g/mol. The van der Waals surface area contributed by atoms with Crippen molar-refractivity contribution in [2.45, 2.75) is 444 Å². The second-order valence-corrected chi connectivity index (χ2v) is 31.3. The van der Waals surface area contributed by atoms with Gasteiger partial charge in [-0.05, 0) is 70.6 Å².